The van der Waals surface area contributed by atoms with Crippen molar-refractivity contribution in [1.82, 2.24) is 4.72 Å². The molecule has 2 rings (SSSR count). The first-order valence-corrected chi connectivity index (χ1v) is 11.1. The summed E-state index contributed by atoms with van der Waals surface area (Å²) in [7, 11) is -7.55. The van der Waals surface area contributed by atoms with Crippen LogP contribution in [0.2, 0.25) is 0 Å². The van der Waals surface area contributed by atoms with Crippen molar-refractivity contribution < 1.29 is 21.6 Å². The highest BCUT2D eigenvalue weighted by Crippen LogP contribution is 2.16. The molecule has 0 fully saturated rings. The maximum atomic E-state index is 12.4. The minimum atomic E-state index is -3.82. The average Bonchev–Trinajstić information content (AvgIpc) is 2.61. The quantitative estimate of drug-likeness (QED) is 0.637. The van der Waals surface area contributed by atoms with Gasteiger partial charge in [0.2, 0.25) is 20.0 Å². The second kappa shape index (κ2) is 8.17. The second-order valence-electron chi connectivity index (χ2n) is 5.98. The molecule has 0 bridgehead atoms. The molecular weight excluding hydrogens is 390 g/mol. The number of carbonyl (C=O) groups excluding carboxylic acids is 1. The molecule has 0 aliphatic rings. The number of nitrogens with two attached hydrogens (primary N) is 1. The van der Waals surface area contributed by atoms with Crippen molar-refractivity contribution in [2.24, 2.45) is 5.14 Å². The molecule has 0 aromatic heterocycles. The third-order valence-electron chi connectivity index (χ3n) is 3.82. The Kier molecular flexibility index (Phi) is 6.37. The third-order valence-corrected chi connectivity index (χ3v) is 6.33. The molecule has 146 valence electrons. The van der Waals surface area contributed by atoms with Crippen molar-refractivity contribution in [2.45, 2.75) is 36.1 Å². The molecule has 8 nitrogen and oxygen atoms in total. The summed E-state index contributed by atoms with van der Waals surface area (Å²) in [5, 5.41) is 7.60. The van der Waals surface area contributed by atoms with E-state index in [1.165, 1.54) is 48.5 Å². The number of nitrogens with one attached hydrogen (secondary N) is 2. The molecule has 0 aliphatic carbocycles. The first-order valence-electron chi connectivity index (χ1n) is 8.09. The standard InChI is InChI=1S/C17H21N3O5S2/c1-3-12(2)20-27(24,25)16-6-4-5-13(11-16)17(21)19-14-7-9-15(10-8-14)26(18,22)23/h4-12,20H,3H2,1-2H3,(H,19,21)(H2,18,22,23). The molecule has 2 aromatic rings. The van der Waals surface area contributed by atoms with Gasteiger partial charge in [0, 0.05) is 17.3 Å². The Labute approximate surface area is 158 Å². The molecule has 0 saturated carbocycles. The van der Waals surface area contributed by atoms with Gasteiger partial charge in [0.1, 0.15) is 0 Å². The Morgan fingerprint density at radius 2 is 1.67 bits per heavy atom. The van der Waals surface area contributed by atoms with Crippen LogP contribution in [0.5, 0.6) is 0 Å². The van der Waals surface area contributed by atoms with E-state index in [1.807, 2.05) is 6.92 Å². The number of anilines is 1. The predicted molar refractivity (Wildman–Crippen MR) is 102 cm³/mol. The van der Waals surface area contributed by atoms with Gasteiger partial charge in [-0.1, -0.05) is 13.0 Å². The molecule has 4 N–H and O–H groups in total. The lowest BCUT2D eigenvalue weighted by Crippen LogP contribution is -2.32. The van der Waals surface area contributed by atoms with Gasteiger partial charge in [-0.3, -0.25) is 4.79 Å². The zero-order valence-corrected chi connectivity index (χ0v) is 16.5. The maximum Gasteiger partial charge on any atom is 0.255 e. The number of hydrogen-bond acceptors (Lipinski definition) is 5. The minimum absolute atomic E-state index is 0.0139. The molecule has 0 spiro atoms. The fourth-order valence-corrected chi connectivity index (χ4v) is 4.04. The Bertz CT molecular complexity index is 1030. The van der Waals surface area contributed by atoms with E-state index in [1.54, 1.807) is 6.92 Å². The Balaban J connectivity index is 2.20. The summed E-state index contributed by atoms with van der Waals surface area (Å²) < 4.78 is 49.7. The summed E-state index contributed by atoms with van der Waals surface area (Å²) in [5.41, 5.74) is 0.496. The van der Waals surface area contributed by atoms with E-state index >= 15 is 0 Å². The lowest BCUT2D eigenvalue weighted by Gasteiger charge is -2.13. The van der Waals surface area contributed by atoms with Crippen LogP contribution >= 0.6 is 0 Å². The zero-order chi connectivity index (χ0) is 20.2. The normalized spacial score (nSPS) is 13.1. The fraction of sp³-hybridized carbons (Fsp3) is 0.235. The summed E-state index contributed by atoms with van der Waals surface area (Å²) in [6.07, 6.45) is 0.633. The van der Waals surface area contributed by atoms with E-state index in [0.29, 0.717) is 12.1 Å². The molecule has 0 aliphatic heterocycles. The predicted octanol–water partition coefficient (Wildman–Crippen LogP) is 1.66. The van der Waals surface area contributed by atoms with Crippen LogP contribution in [0.4, 0.5) is 5.69 Å². The number of hydrogen-bond donors (Lipinski definition) is 3. The highest BCUT2D eigenvalue weighted by molar-refractivity contribution is 7.89. The minimum Gasteiger partial charge on any atom is -0.322 e. The number of primary sulfonamides is 1. The van der Waals surface area contributed by atoms with Gasteiger partial charge in [-0.2, -0.15) is 0 Å². The first kappa shape index (κ1) is 21.0. The second-order valence-corrected chi connectivity index (χ2v) is 9.26. The van der Waals surface area contributed by atoms with Gasteiger partial charge in [0.15, 0.2) is 0 Å². The number of carbonyl (C=O) groups is 1. The fourth-order valence-electron chi connectivity index (χ4n) is 2.15. The van der Waals surface area contributed by atoms with Crippen molar-refractivity contribution >= 4 is 31.6 Å². The van der Waals surface area contributed by atoms with Crippen LogP contribution in [-0.4, -0.2) is 28.8 Å². The summed E-state index contributed by atoms with van der Waals surface area (Å²) in [5.74, 6) is -0.529. The topological polar surface area (TPSA) is 135 Å². The lowest BCUT2D eigenvalue weighted by atomic mass is 10.2. The van der Waals surface area contributed by atoms with Crippen molar-refractivity contribution in [1.29, 1.82) is 0 Å². The molecule has 10 heteroatoms. The third kappa shape index (κ3) is 5.60. The molecular formula is C17H21N3O5S2. The molecule has 27 heavy (non-hydrogen) atoms. The van der Waals surface area contributed by atoms with Crippen LogP contribution in [0.15, 0.2) is 58.3 Å². The highest BCUT2D eigenvalue weighted by Gasteiger charge is 2.18. The van der Waals surface area contributed by atoms with Gasteiger partial charge in [-0.05, 0) is 55.8 Å². The van der Waals surface area contributed by atoms with Crippen LogP contribution in [0.25, 0.3) is 0 Å². The highest BCUT2D eigenvalue weighted by atomic mass is 32.2. The summed E-state index contributed by atoms with van der Waals surface area (Å²) in [6.45, 7) is 3.61. The molecule has 0 saturated heterocycles. The van der Waals surface area contributed by atoms with Gasteiger partial charge in [-0.15, -0.1) is 0 Å². The van der Waals surface area contributed by atoms with Gasteiger partial charge in [0.05, 0.1) is 9.79 Å². The molecule has 0 heterocycles. The van der Waals surface area contributed by atoms with Crippen LogP contribution in [0, 0.1) is 0 Å². The van der Waals surface area contributed by atoms with Gasteiger partial charge in [0.25, 0.3) is 5.91 Å². The van der Waals surface area contributed by atoms with Gasteiger partial charge < -0.3 is 5.32 Å². The molecule has 1 amide bonds. The number of benzene rings is 2. The van der Waals surface area contributed by atoms with E-state index in [4.69, 9.17) is 5.14 Å². The first-order chi connectivity index (χ1) is 12.5. The number of amides is 1. The van der Waals surface area contributed by atoms with E-state index in [-0.39, 0.29) is 21.4 Å². The molecule has 1 unspecified atom stereocenters. The Morgan fingerprint density at radius 1 is 1.04 bits per heavy atom. The van der Waals surface area contributed by atoms with Crippen molar-refractivity contribution in [3.05, 3.63) is 54.1 Å². The van der Waals surface area contributed by atoms with Crippen LogP contribution < -0.4 is 15.2 Å². The van der Waals surface area contributed by atoms with Crippen LogP contribution in [0.1, 0.15) is 30.6 Å². The van der Waals surface area contributed by atoms with Crippen molar-refractivity contribution in [3.8, 4) is 0 Å². The largest absolute Gasteiger partial charge is 0.322 e. The zero-order valence-electron chi connectivity index (χ0n) is 14.8. The number of rotatable bonds is 7. The van der Waals surface area contributed by atoms with E-state index in [9.17, 15) is 21.6 Å². The summed E-state index contributed by atoms with van der Waals surface area (Å²) in [4.78, 5) is 12.3. The molecule has 0 radical (unpaired) electrons. The summed E-state index contributed by atoms with van der Waals surface area (Å²) in [6, 6.07) is 10.7. The number of sulfonamides is 2. The molecule has 1 atom stereocenters. The van der Waals surface area contributed by atoms with E-state index in [2.05, 4.69) is 10.0 Å². The van der Waals surface area contributed by atoms with Crippen molar-refractivity contribution in [3.63, 3.8) is 0 Å². The van der Waals surface area contributed by atoms with Gasteiger partial charge in [-0.25, -0.2) is 26.7 Å². The van der Waals surface area contributed by atoms with E-state index < -0.39 is 26.0 Å². The van der Waals surface area contributed by atoms with Crippen LogP contribution in [-0.2, 0) is 20.0 Å². The summed E-state index contributed by atoms with van der Waals surface area (Å²) >= 11 is 0. The Hall–Kier alpha value is -2.27. The monoisotopic (exact) mass is 411 g/mol. The Morgan fingerprint density at radius 3 is 2.22 bits per heavy atom. The van der Waals surface area contributed by atoms with E-state index in [0.717, 1.165) is 0 Å². The van der Waals surface area contributed by atoms with Crippen LogP contribution in [0.3, 0.4) is 0 Å². The lowest BCUT2D eigenvalue weighted by molar-refractivity contribution is 0.102. The molecule has 2 aromatic carbocycles. The average molecular weight is 412 g/mol. The SMILES string of the molecule is CCC(C)NS(=O)(=O)c1cccc(C(=O)Nc2ccc(S(N)(=O)=O)cc2)c1. The maximum absolute atomic E-state index is 12.4. The van der Waals surface area contributed by atoms with Crippen molar-refractivity contribution in [2.75, 3.05) is 5.32 Å². The van der Waals surface area contributed by atoms with Gasteiger partial charge >= 0.3 is 0 Å². The smallest absolute Gasteiger partial charge is 0.255 e.